The lowest BCUT2D eigenvalue weighted by atomic mass is 10.0. The van der Waals surface area contributed by atoms with Crippen LogP contribution in [0.3, 0.4) is 0 Å². The van der Waals surface area contributed by atoms with E-state index in [2.05, 4.69) is 20.3 Å². The number of pyridine rings is 3. The van der Waals surface area contributed by atoms with Gasteiger partial charge in [0.15, 0.2) is 6.10 Å². The van der Waals surface area contributed by atoms with Gasteiger partial charge in [-0.1, -0.05) is 0 Å². The largest absolute Gasteiger partial charge is 0.420 e. The number of halogens is 3. The minimum Gasteiger partial charge on any atom is -0.378 e. The number of carbonyl (C=O) groups excluding carboxylic acids is 1. The van der Waals surface area contributed by atoms with Gasteiger partial charge in [0.25, 0.3) is 0 Å². The molecule has 2 N–H and O–H groups in total. The third kappa shape index (κ3) is 4.03. The van der Waals surface area contributed by atoms with E-state index in [0.29, 0.717) is 22.6 Å². The minimum atomic E-state index is -4.78. The number of anilines is 1. The van der Waals surface area contributed by atoms with Gasteiger partial charge in [-0.3, -0.25) is 14.8 Å². The summed E-state index contributed by atoms with van der Waals surface area (Å²) in [5.41, 5.74) is 1.08. The Labute approximate surface area is 152 Å². The number of alkyl halides is 3. The summed E-state index contributed by atoms with van der Waals surface area (Å²) < 4.78 is 37.9. The van der Waals surface area contributed by atoms with Crippen LogP contribution < -0.4 is 5.32 Å². The second kappa shape index (κ2) is 6.92. The molecule has 6 nitrogen and oxygen atoms in total. The van der Waals surface area contributed by atoms with Crippen molar-refractivity contribution in [1.82, 2.24) is 15.0 Å². The Kier molecular flexibility index (Phi) is 4.79. The number of nitrogens with zero attached hydrogens (tertiary/aromatic N) is 3. The summed E-state index contributed by atoms with van der Waals surface area (Å²) in [7, 11) is 0. The van der Waals surface area contributed by atoms with Crippen LogP contribution >= 0.6 is 0 Å². The monoisotopic (exact) mass is 376 g/mol. The average molecular weight is 376 g/mol. The highest BCUT2D eigenvalue weighted by Gasteiger charge is 2.40. The molecule has 0 aromatic carbocycles. The van der Waals surface area contributed by atoms with Crippen molar-refractivity contribution in [2.24, 2.45) is 0 Å². The van der Waals surface area contributed by atoms with Crippen LogP contribution in [0.5, 0.6) is 0 Å². The summed E-state index contributed by atoms with van der Waals surface area (Å²) in [5, 5.41) is 13.4. The number of hydrogen-bond acceptors (Lipinski definition) is 5. The summed E-state index contributed by atoms with van der Waals surface area (Å²) in [4.78, 5) is 23.3. The van der Waals surface area contributed by atoms with Gasteiger partial charge in [-0.15, -0.1) is 0 Å². The lowest BCUT2D eigenvalue weighted by Gasteiger charge is -2.15. The van der Waals surface area contributed by atoms with E-state index in [9.17, 15) is 23.1 Å². The highest BCUT2D eigenvalue weighted by atomic mass is 19.4. The zero-order valence-corrected chi connectivity index (χ0v) is 14.4. The van der Waals surface area contributed by atoms with Gasteiger partial charge in [0.2, 0.25) is 5.91 Å². The van der Waals surface area contributed by atoms with E-state index in [1.165, 1.54) is 19.2 Å². The second-order valence-electron chi connectivity index (χ2n) is 6.04. The summed E-state index contributed by atoms with van der Waals surface area (Å²) in [5.74, 6) is 0.155. The predicted octanol–water partition coefficient (Wildman–Crippen LogP) is 3.55. The molecule has 0 fully saturated rings. The molecule has 3 heterocycles. The molecule has 0 unspecified atom stereocenters. The van der Waals surface area contributed by atoms with Crippen LogP contribution in [0.1, 0.15) is 24.3 Å². The first-order valence-electron chi connectivity index (χ1n) is 7.90. The van der Waals surface area contributed by atoms with Gasteiger partial charge in [-0.2, -0.15) is 13.2 Å². The number of aryl methyl sites for hydroxylation is 1. The molecule has 0 bridgehead atoms. The summed E-state index contributed by atoms with van der Waals surface area (Å²) in [6.07, 6.45) is -3.01. The number of aliphatic hydroxyl groups is 1. The minimum absolute atomic E-state index is 0.241. The molecule has 0 aliphatic heterocycles. The number of aliphatic hydroxyl groups excluding tert-OH is 1. The lowest BCUT2D eigenvalue weighted by molar-refractivity contribution is -0.207. The molecule has 0 saturated carbocycles. The predicted molar refractivity (Wildman–Crippen MR) is 92.8 cm³/mol. The van der Waals surface area contributed by atoms with Crippen molar-refractivity contribution in [3.8, 4) is 11.3 Å². The first kappa shape index (κ1) is 18.7. The quantitative estimate of drug-likeness (QED) is 0.730. The zero-order valence-electron chi connectivity index (χ0n) is 14.4. The third-order valence-electron chi connectivity index (χ3n) is 3.91. The van der Waals surface area contributed by atoms with Crippen LogP contribution in [0.15, 0.2) is 36.8 Å². The molecule has 3 aromatic rings. The Bertz CT molecular complexity index is 1020. The maximum atomic E-state index is 12.6. The van der Waals surface area contributed by atoms with Crippen molar-refractivity contribution >= 4 is 22.5 Å². The van der Waals surface area contributed by atoms with Crippen LogP contribution in [0, 0.1) is 6.92 Å². The first-order valence-corrected chi connectivity index (χ1v) is 7.90. The average Bonchev–Trinajstić information content (AvgIpc) is 2.59. The summed E-state index contributed by atoms with van der Waals surface area (Å²) in [6.45, 7) is 3.00. The molecule has 3 rings (SSSR count). The highest BCUT2D eigenvalue weighted by molar-refractivity contribution is 5.92. The lowest BCUT2D eigenvalue weighted by Crippen LogP contribution is -2.21. The van der Waals surface area contributed by atoms with Crippen molar-refractivity contribution in [1.29, 1.82) is 0 Å². The highest BCUT2D eigenvalue weighted by Crippen LogP contribution is 2.33. The molecule has 1 amide bonds. The maximum Gasteiger partial charge on any atom is 0.420 e. The molecule has 0 radical (unpaired) electrons. The number of nitrogens with one attached hydrogen (secondary N) is 1. The van der Waals surface area contributed by atoms with Gasteiger partial charge in [-0.25, -0.2) is 4.98 Å². The van der Waals surface area contributed by atoms with Gasteiger partial charge in [-0.05, 0) is 30.7 Å². The third-order valence-corrected chi connectivity index (χ3v) is 3.91. The number of fused-ring (bicyclic) bond motifs is 1. The normalized spacial score (nSPS) is 12.8. The maximum absolute atomic E-state index is 12.6. The van der Waals surface area contributed by atoms with Gasteiger partial charge in [0.05, 0.1) is 11.4 Å². The fourth-order valence-electron chi connectivity index (χ4n) is 2.60. The Morgan fingerprint density at radius 1 is 1.07 bits per heavy atom. The van der Waals surface area contributed by atoms with E-state index in [1.54, 1.807) is 31.5 Å². The SMILES string of the molecule is CC(=O)Nc1cc2cnc(-c3cnc([C@@H](O)C(F)(F)F)cc3C)cc2cn1. The molecule has 27 heavy (non-hydrogen) atoms. The van der Waals surface area contributed by atoms with Crippen molar-refractivity contribution in [3.05, 3.63) is 48.0 Å². The molecule has 0 spiro atoms. The van der Waals surface area contributed by atoms with Gasteiger partial charge in [0.1, 0.15) is 5.82 Å². The summed E-state index contributed by atoms with van der Waals surface area (Å²) in [6, 6.07) is 4.59. The topological polar surface area (TPSA) is 88.0 Å². The Hall–Kier alpha value is -3.07. The van der Waals surface area contributed by atoms with Crippen molar-refractivity contribution < 1.29 is 23.1 Å². The standard InChI is InChI=1S/C18H15F3N4O2/c1-9-3-15(17(27)18(19,20)21)23-8-13(9)14-4-11-7-24-16(25-10(2)26)5-12(11)6-22-14/h3-8,17,27H,1-2H3,(H,24,25,26)/t17-/m1/s1. The molecule has 140 valence electrons. The van der Waals surface area contributed by atoms with E-state index in [1.807, 2.05) is 0 Å². The Morgan fingerprint density at radius 3 is 2.37 bits per heavy atom. The smallest absolute Gasteiger partial charge is 0.378 e. The van der Waals surface area contributed by atoms with E-state index in [0.717, 1.165) is 10.8 Å². The second-order valence-corrected chi connectivity index (χ2v) is 6.04. The number of carbonyl (C=O) groups is 1. The number of amides is 1. The van der Waals surface area contributed by atoms with Gasteiger partial charge in [0, 0.05) is 41.9 Å². The van der Waals surface area contributed by atoms with E-state index in [4.69, 9.17) is 0 Å². The van der Waals surface area contributed by atoms with Gasteiger partial charge >= 0.3 is 6.18 Å². The summed E-state index contributed by atoms with van der Waals surface area (Å²) >= 11 is 0. The molecular formula is C18H15F3N4O2. The van der Waals surface area contributed by atoms with Crippen LogP contribution in [-0.2, 0) is 4.79 Å². The molecule has 0 saturated heterocycles. The van der Waals surface area contributed by atoms with Crippen molar-refractivity contribution in [2.45, 2.75) is 26.1 Å². The van der Waals surface area contributed by atoms with Crippen LogP contribution in [-0.4, -0.2) is 32.1 Å². The van der Waals surface area contributed by atoms with Crippen LogP contribution in [0.4, 0.5) is 19.0 Å². The molecule has 9 heteroatoms. The zero-order chi connectivity index (χ0) is 19.8. The molecule has 3 aromatic heterocycles. The molecule has 1 atom stereocenters. The Balaban J connectivity index is 1.96. The number of aromatic nitrogens is 3. The van der Waals surface area contributed by atoms with E-state index >= 15 is 0 Å². The fraction of sp³-hybridized carbons (Fsp3) is 0.222. The molecular weight excluding hydrogens is 361 g/mol. The number of hydrogen-bond donors (Lipinski definition) is 2. The molecule has 0 aliphatic rings. The van der Waals surface area contributed by atoms with E-state index < -0.39 is 18.0 Å². The van der Waals surface area contributed by atoms with Gasteiger partial charge < -0.3 is 10.4 Å². The van der Waals surface area contributed by atoms with Crippen molar-refractivity contribution in [2.75, 3.05) is 5.32 Å². The van der Waals surface area contributed by atoms with Crippen LogP contribution in [0.25, 0.3) is 22.0 Å². The molecule has 0 aliphatic carbocycles. The van der Waals surface area contributed by atoms with Crippen molar-refractivity contribution in [3.63, 3.8) is 0 Å². The van der Waals surface area contributed by atoms with Crippen LogP contribution in [0.2, 0.25) is 0 Å². The fourth-order valence-corrected chi connectivity index (χ4v) is 2.60. The Morgan fingerprint density at radius 2 is 1.74 bits per heavy atom. The van der Waals surface area contributed by atoms with E-state index in [-0.39, 0.29) is 5.91 Å². The number of rotatable bonds is 3. The first-order chi connectivity index (χ1) is 12.6.